The van der Waals surface area contributed by atoms with Crippen molar-refractivity contribution in [2.75, 3.05) is 30.4 Å². The third-order valence-corrected chi connectivity index (χ3v) is 6.62. The zero-order valence-electron chi connectivity index (χ0n) is 17.8. The fraction of sp³-hybridized carbons (Fsp3) is 0.364. The van der Waals surface area contributed by atoms with E-state index in [4.69, 9.17) is 15.5 Å². The zero-order valence-corrected chi connectivity index (χ0v) is 17.8. The van der Waals surface area contributed by atoms with Crippen LogP contribution in [0.4, 0.5) is 15.9 Å². The number of halogens is 1. The predicted octanol–water partition coefficient (Wildman–Crippen LogP) is 3.11. The van der Waals surface area contributed by atoms with Crippen LogP contribution in [0.15, 0.2) is 24.5 Å². The Labute approximate surface area is 183 Å². The molecule has 1 aliphatic heterocycles. The molecule has 1 aromatic carbocycles. The molecule has 4 aromatic rings. The maximum atomic E-state index is 14.4. The molecule has 4 heterocycles. The molecule has 32 heavy (non-hydrogen) atoms. The molecule has 1 aliphatic carbocycles. The molecule has 0 unspecified atom stereocenters. The molecule has 0 amide bonds. The van der Waals surface area contributed by atoms with Crippen molar-refractivity contribution < 1.29 is 9.13 Å². The maximum Gasteiger partial charge on any atom is 0.326 e. The van der Waals surface area contributed by atoms with E-state index < -0.39 is 0 Å². The molecule has 1 saturated heterocycles. The zero-order chi connectivity index (χ0) is 22.0. The minimum absolute atomic E-state index is 0.0807. The Hall–Kier alpha value is -3.53. The Kier molecular flexibility index (Phi) is 4.03. The van der Waals surface area contributed by atoms with Gasteiger partial charge < -0.3 is 25.7 Å². The number of nitrogens with two attached hydrogens (primary N) is 1. The van der Waals surface area contributed by atoms with E-state index in [1.165, 1.54) is 12.1 Å². The normalized spacial score (nSPS) is 19.2. The molecule has 164 valence electrons. The number of nitrogens with one attached hydrogen (secondary N) is 2. The van der Waals surface area contributed by atoms with Crippen LogP contribution in [-0.2, 0) is 0 Å². The van der Waals surface area contributed by atoms with Crippen molar-refractivity contribution in [3.63, 3.8) is 0 Å². The van der Waals surface area contributed by atoms with Crippen LogP contribution in [0.1, 0.15) is 18.7 Å². The Morgan fingerprint density at radius 2 is 2.03 bits per heavy atom. The number of anilines is 2. The minimum Gasteiger partial charge on any atom is -0.421 e. The Morgan fingerprint density at radius 3 is 2.72 bits per heavy atom. The summed E-state index contributed by atoms with van der Waals surface area (Å²) in [5.74, 6) is 1.45. The summed E-state index contributed by atoms with van der Waals surface area (Å²) in [6, 6.07) is 3.22. The second kappa shape index (κ2) is 6.73. The summed E-state index contributed by atoms with van der Waals surface area (Å²) < 4.78 is 20.3. The van der Waals surface area contributed by atoms with Gasteiger partial charge in [-0.1, -0.05) is 0 Å². The highest BCUT2D eigenvalue weighted by molar-refractivity contribution is 6.14. The quantitative estimate of drug-likeness (QED) is 0.448. The molecule has 3 aromatic heterocycles. The van der Waals surface area contributed by atoms with Crippen LogP contribution < -0.4 is 20.7 Å². The van der Waals surface area contributed by atoms with Gasteiger partial charge in [-0.25, -0.2) is 14.4 Å². The van der Waals surface area contributed by atoms with E-state index in [0.717, 1.165) is 35.7 Å². The topological polar surface area (TPSA) is 118 Å². The number of aromatic nitrogens is 5. The van der Waals surface area contributed by atoms with Gasteiger partial charge in [0, 0.05) is 37.0 Å². The number of ether oxygens (including phenoxy) is 1. The number of aromatic amines is 1. The van der Waals surface area contributed by atoms with Crippen LogP contribution in [0.5, 0.6) is 11.8 Å². The van der Waals surface area contributed by atoms with Crippen molar-refractivity contribution >= 4 is 33.4 Å². The number of fused-ring (bicyclic) bond motifs is 3. The fourth-order valence-electron chi connectivity index (χ4n) is 4.68. The fourth-order valence-corrected chi connectivity index (χ4v) is 4.68. The summed E-state index contributed by atoms with van der Waals surface area (Å²) in [5, 5.41) is 4.53. The number of aryl methyl sites for hydroxylation is 1. The van der Waals surface area contributed by atoms with Gasteiger partial charge in [0.2, 0.25) is 0 Å². The Balaban J connectivity index is 1.54. The van der Waals surface area contributed by atoms with E-state index in [2.05, 4.69) is 30.2 Å². The lowest BCUT2D eigenvalue weighted by atomic mass is 10.0. The number of hydrogen-bond donors (Lipinski definition) is 3. The van der Waals surface area contributed by atoms with Crippen LogP contribution in [-0.4, -0.2) is 51.1 Å². The Morgan fingerprint density at radius 1 is 1.25 bits per heavy atom. The highest BCUT2D eigenvalue weighted by Gasteiger charge is 2.54. The first-order valence-corrected chi connectivity index (χ1v) is 10.6. The monoisotopic (exact) mass is 434 g/mol. The van der Waals surface area contributed by atoms with E-state index in [0.29, 0.717) is 35.3 Å². The van der Waals surface area contributed by atoms with Gasteiger partial charge in [-0.3, -0.25) is 0 Å². The van der Waals surface area contributed by atoms with Crippen LogP contribution in [0.2, 0.25) is 0 Å². The van der Waals surface area contributed by atoms with Crippen LogP contribution in [0.3, 0.4) is 0 Å². The number of benzene rings is 1. The van der Waals surface area contributed by atoms with Gasteiger partial charge in [-0.2, -0.15) is 9.97 Å². The van der Waals surface area contributed by atoms with Crippen molar-refractivity contribution in [1.29, 1.82) is 0 Å². The van der Waals surface area contributed by atoms with Gasteiger partial charge in [0.15, 0.2) is 5.75 Å². The van der Waals surface area contributed by atoms with Crippen molar-refractivity contribution in [3.05, 3.63) is 36.2 Å². The van der Waals surface area contributed by atoms with Gasteiger partial charge in [-0.15, -0.1) is 0 Å². The van der Waals surface area contributed by atoms with E-state index >= 15 is 0 Å². The van der Waals surface area contributed by atoms with Gasteiger partial charge in [0.25, 0.3) is 0 Å². The van der Waals surface area contributed by atoms with E-state index in [1.54, 1.807) is 26.4 Å². The SMILES string of the molecule is CNc1cc(F)cc2c1[nH]c1nc(Oc3cnc(C)nc3)nc(N3C[C@H](N)C4(CC4)C3)c12. The minimum atomic E-state index is -0.331. The highest BCUT2D eigenvalue weighted by Crippen LogP contribution is 2.53. The van der Waals surface area contributed by atoms with E-state index in [-0.39, 0.29) is 23.3 Å². The predicted molar refractivity (Wildman–Crippen MR) is 120 cm³/mol. The smallest absolute Gasteiger partial charge is 0.326 e. The summed E-state index contributed by atoms with van der Waals surface area (Å²) in [7, 11) is 1.76. The van der Waals surface area contributed by atoms with Gasteiger partial charge >= 0.3 is 6.01 Å². The van der Waals surface area contributed by atoms with Crippen LogP contribution >= 0.6 is 0 Å². The second-order valence-corrected chi connectivity index (χ2v) is 8.72. The molecule has 0 radical (unpaired) electrons. The van der Waals surface area contributed by atoms with Crippen molar-refractivity contribution in [2.24, 2.45) is 11.1 Å². The summed E-state index contributed by atoms with van der Waals surface area (Å²) in [6.45, 7) is 3.30. The van der Waals surface area contributed by atoms with Gasteiger partial charge in [0.05, 0.1) is 29.0 Å². The molecule has 2 fully saturated rings. The molecular weight excluding hydrogens is 411 g/mol. The highest BCUT2D eigenvalue weighted by atomic mass is 19.1. The third kappa shape index (κ3) is 2.94. The molecular formula is C22H23FN8O. The third-order valence-electron chi connectivity index (χ3n) is 6.62. The maximum absolute atomic E-state index is 14.4. The molecule has 10 heteroatoms. The number of rotatable bonds is 4. The van der Waals surface area contributed by atoms with Crippen molar-refractivity contribution in [3.8, 4) is 11.8 Å². The first-order chi connectivity index (χ1) is 15.5. The summed E-state index contributed by atoms with van der Waals surface area (Å²) in [6.07, 6.45) is 5.41. The van der Waals surface area contributed by atoms with Crippen LogP contribution in [0, 0.1) is 18.2 Å². The molecule has 1 atom stereocenters. The van der Waals surface area contributed by atoms with E-state index in [1.807, 2.05) is 0 Å². The second-order valence-electron chi connectivity index (χ2n) is 8.72. The molecule has 2 aliphatic rings. The molecule has 4 N–H and O–H groups in total. The largest absolute Gasteiger partial charge is 0.421 e. The van der Waals surface area contributed by atoms with E-state index in [9.17, 15) is 4.39 Å². The van der Waals surface area contributed by atoms with Crippen molar-refractivity contribution in [1.82, 2.24) is 24.9 Å². The van der Waals surface area contributed by atoms with Crippen LogP contribution in [0.25, 0.3) is 21.9 Å². The molecule has 6 rings (SSSR count). The lowest BCUT2D eigenvalue weighted by molar-refractivity contribution is 0.439. The molecule has 1 spiro atoms. The molecule has 0 bridgehead atoms. The standard InChI is InChI=1S/C22H23FN8O/c1-11-26-7-13(8-27-11)32-21-29-19-17(14-5-12(23)6-15(25-2)18(14)28-19)20(30-21)31-9-16(24)22(10-31)3-4-22/h5-8,16,25H,3-4,9-10,24H2,1-2H3,(H,28,29,30)/t16-/m0/s1. The number of hydrogen-bond acceptors (Lipinski definition) is 8. The lowest BCUT2D eigenvalue weighted by Gasteiger charge is -2.19. The first-order valence-electron chi connectivity index (χ1n) is 10.6. The summed E-state index contributed by atoms with van der Waals surface area (Å²) >= 11 is 0. The molecule has 9 nitrogen and oxygen atoms in total. The van der Waals surface area contributed by atoms with Crippen molar-refractivity contribution in [2.45, 2.75) is 25.8 Å². The van der Waals surface area contributed by atoms with Gasteiger partial charge in [-0.05, 0) is 31.9 Å². The lowest BCUT2D eigenvalue weighted by Crippen LogP contribution is -2.30. The Bertz CT molecular complexity index is 1350. The molecule has 1 saturated carbocycles. The van der Waals surface area contributed by atoms with Gasteiger partial charge in [0.1, 0.15) is 23.1 Å². The number of nitrogens with zero attached hydrogens (tertiary/aromatic N) is 5. The average Bonchev–Trinajstić information content (AvgIpc) is 3.36. The summed E-state index contributed by atoms with van der Waals surface area (Å²) in [5.41, 5.74) is 8.60. The summed E-state index contributed by atoms with van der Waals surface area (Å²) in [4.78, 5) is 23.2. The average molecular weight is 434 g/mol. The first kappa shape index (κ1) is 19.2. The number of H-pyrrole nitrogens is 1.